The predicted molar refractivity (Wildman–Crippen MR) is 65.8 cm³/mol. The van der Waals surface area contributed by atoms with Crippen LogP contribution in [-0.4, -0.2) is 5.91 Å². The first-order chi connectivity index (χ1) is 7.75. The van der Waals surface area contributed by atoms with Crippen LogP contribution >= 0.6 is 22.9 Å². The molecule has 0 atom stereocenters. The molecule has 0 unspecified atom stereocenters. The molecule has 1 amide bonds. The SMILES string of the molecule is O=C(NCc1cc[c]s1)c1ccc(Cl)cc1. The van der Waals surface area contributed by atoms with Gasteiger partial charge in [-0.3, -0.25) is 4.79 Å². The lowest BCUT2D eigenvalue weighted by Crippen LogP contribution is -2.22. The number of hydrogen-bond acceptors (Lipinski definition) is 2. The summed E-state index contributed by atoms with van der Waals surface area (Å²) in [5, 5.41) is 6.43. The first-order valence-electron chi connectivity index (χ1n) is 4.74. The normalized spacial score (nSPS) is 10.1. The molecule has 2 nitrogen and oxygen atoms in total. The van der Waals surface area contributed by atoms with Crippen molar-refractivity contribution in [3.63, 3.8) is 0 Å². The van der Waals surface area contributed by atoms with Crippen LogP contribution < -0.4 is 5.32 Å². The summed E-state index contributed by atoms with van der Waals surface area (Å²) in [6.45, 7) is 0.537. The summed E-state index contributed by atoms with van der Waals surface area (Å²) in [7, 11) is 0. The molecule has 0 aliphatic heterocycles. The highest BCUT2D eigenvalue weighted by Gasteiger charge is 2.04. The van der Waals surface area contributed by atoms with Crippen molar-refractivity contribution < 1.29 is 4.79 Å². The molecule has 1 N–H and O–H groups in total. The van der Waals surface area contributed by atoms with Gasteiger partial charge in [0.25, 0.3) is 5.91 Å². The monoisotopic (exact) mass is 250 g/mol. The van der Waals surface area contributed by atoms with Gasteiger partial charge in [-0.15, -0.1) is 11.3 Å². The number of nitrogens with one attached hydrogen (secondary N) is 1. The molecule has 1 aromatic heterocycles. The van der Waals surface area contributed by atoms with Crippen molar-refractivity contribution in [1.82, 2.24) is 5.32 Å². The summed E-state index contributed by atoms with van der Waals surface area (Å²) in [5.41, 5.74) is 0.616. The Morgan fingerprint density at radius 3 is 2.69 bits per heavy atom. The molecule has 2 rings (SSSR count). The summed E-state index contributed by atoms with van der Waals surface area (Å²) in [6.07, 6.45) is 0. The van der Waals surface area contributed by atoms with Gasteiger partial charge < -0.3 is 5.32 Å². The standard InChI is InChI=1S/C12H9ClNOS/c13-10-5-3-9(4-6-10)12(15)14-8-11-2-1-7-16-11/h1-6H,8H2,(H,14,15). The fourth-order valence-electron chi connectivity index (χ4n) is 1.24. The van der Waals surface area contributed by atoms with Crippen molar-refractivity contribution >= 4 is 28.8 Å². The van der Waals surface area contributed by atoms with Crippen molar-refractivity contribution in [2.45, 2.75) is 6.54 Å². The molecule has 0 aliphatic carbocycles. The quantitative estimate of drug-likeness (QED) is 0.891. The van der Waals surface area contributed by atoms with Crippen molar-refractivity contribution in [3.05, 3.63) is 57.2 Å². The third-order valence-electron chi connectivity index (χ3n) is 2.06. The Labute approximate surface area is 103 Å². The Balaban J connectivity index is 1.95. The first kappa shape index (κ1) is 11.2. The summed E-state index contributed by atoms with van der Waals surface area (Å²) in [6, 6.07) is 10.6. The zero-order chi connectivity index (χ0) is 11.4. The minimum atomic E-state index is -0.0925. The van der Waals surface area contributed by atoms with Crippen molar-refractivity contribution in [3.8, 4) is 0 Å². The molecule has 16 heavy (non-hydrogen) atoms. The minimum absolute atomic E-state index is 0.0925. The maximum atomic E-state index is 11.7. The van der Waals surface area contributed by atoms with Crippen LogP contribution in [0, 0.1) is 5.38 Å². The van der Waals surface area contributed by atoms with Crippen LogP contribution in [0.2, 0.25) is 5.02 Å². The number of thiophene rings is 1. The van der Waals surface area contributed by atoms with Gasteiger partial charge in [0.2, 0.25) is 0 Å². The minimum Gasteiger partial charge on any atom is -0.347 e. The van der Waals surface area contributed by atoms with Gasteiger partial charge in [-0.2, -0.15) is 0 Å². The van der Waals surface area contributed by atoms with Crippen LogP contribution in [0.1, 0.15) is 15.2 Å². The number of benzene rings is 1. The van der Waals surface area contributed by atoms with Crippen LogP contribution in [0.3, 0.4) is 0 Å². The second-order valence-electron chi connectivity index (χ2n) is 3.21. The van der Waals surface area contributed by atoms with Crippen LogP contribution in [0.25, 0.3) is 0 Å². The van der Waals surface area contributed by atoms with Gasteiger partial charge in [-0.1, -0.05) is 11.6 Å². The molecule has 0 spiro atoms. The molecule has 0 saturated heterocycles. The van der Waals surface area contributed by atoms with E-state index in [9.17, 15) is 4.79 Å². The van der Waals surface area contributed by atoms with E-state index in [0.29, 0.717) is 17.1 Å². The van der Waals surface area contributed by atoms with Gasteiger partial charge in [0.05, 0.1) is 6.54 Å². The molecule has 81 valence electrons. The molecule has 1 aromatic carbocycles. The molecule has 2 aromatic rings. The highest BCUT2D eigenvalue weighted by Crippen LogP contribution is 2.10. The van der Waals surface area contributed by atoms with E-state index in [2.05, 4.69) is 10.7 Å². The van der Waals surface area contributed by atoms with Gasteiger partial charge in [0.1, 0.15) is 0 Å². The van der Waals surface area contributed by atoms with E-state index in [1.54, 1.807) is 24.3 Å². The summed E-state index contributed by atoms with van der Waals surface area (Å²) < 4.78 is 0. The Morgan fingerprint density at radius 1 is 1.31 bits per heavy atom. The van der Waals surface area contributed by atoms with E-state index < -0.39 is 0 Å². The van der Waals surface area contributed by atoms with Gasteiger partial charge in [0.15, 0.2) is 0 Å². The number of carbonyl (C=O) groups excluding carboxylic acids is 1. The fraction of sp³-hybridized carbons (Fsp3) is 0.0833. The summed E-state index contributed by atoms with van der Waals surface area (Å²) >= 11 is 7.24. The second kappa shape index (κ2) is 5.14. The number of hydrogen-bond donors (Lipinski definition) is 1. The number of amides is 1. The van der Waals surface area contributed by atoms with E-state index in [1.165, 1.54) is 11.3 Å². The van der Waals surface area contributed by atoms with Gasteiger partial charge >= 0.3 is 0 Å². The lowest BCUT2D eigenvalue weighted by Gasteiger charge is -2.03. The molecule has 0 fully saturated rings. The largest absolute Gasteiger partial charge is 0.347 e. The average molecular weight is 251 g/mol. The van der Waals surface area contributed by atoms with Crippen LogP contribution in [0.15, 0.2) is 36.4 Å². The smallest absolute Gasteiger partial charge is 0.251 e. The molecule has 0 aliphatic rings. The number of halogens is 1. The Hall–Kier alpha value is -1.32. The molecular weight excluding hydrogens is 242 g/mol. The lowest BCUT2D eigenvalue weighted by molar-refractivity contribution is 0.0951. The number of rotatable bonds is 3. The highest BCUT2D eigenvalue weighted by atomic mass is 35.5. The van der Waals surface area contributed by atoms with Crippen molar-refractivity contribution in [2.24, 2.45) is 0 Å². The summed E-state index contributed by atoms with van der Waals surface area (Å²) in [4.78, 5) is 12.8. The van der Waals surface area contributed by atoms with E-state index in [1.807, 2.05) is 12.1 Å². The molecule has 1 heterocycles. The van der Waals surface area contributed by atoms with E-state index >= 15 is 0 Å². The van der Waals surface area contributed by atoms with Crippen LogP contribution in [-0.2, 0) is 6.54 Å². The maximum Gasteiger partial charge on any atom is 0.251 e. The van der Waals surface area contributed by atoms with Gasteiger partial charge in [-0.25, -0.2) is 0 Å². The lowest BCUT2D eigenvalue weighted by atomic mass is 10.2. The van der Waals surface area contributed by atoms with E-state index in [4.69, 9.17) is 11.6 Å². The molecule has 0 saturated carbocycles. The molecule has 4 heteroatoms. The number of carbonyl (C=O) groups is 1. The Kier molecular flexibility index (Phi) is 3.59. The third kappa shape index (κ3) is 2.84. The third-order valence-corrected chi connectivity index (χ3v) is 3.11. The first-order valence-corrected chi connectivity index (χ1v) is 5.93. The van der Waals surface area contributed by atoms with Crippen LogP contribution in [0.5, 0.6) is 0 Å². The Bertz CT molecular complexity index is 464. The van der Waals surface area contributed by atoms with E-state index in [-0.39, 0.29) is 5.91 Å². The molecular formula is C12H9ClNOS. The highest BCUT2D eigenvalue weighted by molar-refractivity contribution is 7.09. The van der Waals surface area contributed by atoms with Crippen molar-refractivity contribution in [1.29, 1.82) is 0 Å². The van der Waals surface area contributed by atoms with Crippen molar-refractivity contribution in [2.75, 3.05) is 0 Å². The Morgan fingerprint density at radius 2 is 2.06 bits per heavy atom. The van der Waals surface area contributed by atoms with E-state index in [0.717, 1.165) is 4.88 Å². The zero-order valence-corrected chi connectivity index (χ0v) is 9.94. The summed E-state index contributed by atoms with van der Waals surface area (Å²) in [5.74, 6) is -0.0925. The predicted octanol–water partition coefficient (Wildman–Crippen LogP) is 3.13. The maximum absolute atomic E-state index is 11.7. The topological polar surface area (TPSA) is 29.1 Å². The second-order valence-corrected chi connectivity index (χ2v) is 4.61. The van der Waals surface area contributed by atoms with Gasteiger partial charge in [0, 0.05) is 20.8 Å². The molecule has 0 bridgehead atoms. The fourth-order valence-corrected chi connectivity index (χ4v) is 1.93. The molecule has 1 radical (unpaired) electrons. The average Bonchev–Trinajstić information content (AvgIpc) is 2.80. The van der Waals surface area contributed by atoms with Crippen LogP contribution in [0.4, 0.5) is 0 Å². The zero-order valence-electron chi connectivity index (χ0n) is 8.37. The van der Waals surface area contributed by atoms with Gasteiger partial charge in [-0.05, 0) is 36.4 Å².